The lowest BCUT2D eigenvalue weighted by Crippen LogP contribution is -2.12. The second-order valence-electron chi connectivity index (χ2n) is 3.59. The van der Waals surface area contributed by atoms with Gasteiger partial charge in [-0.05, 0) is 25.1 Å². The number of hydrogen-bond acceptors (Lipinski definition) is 2. The van der Waals surface area contributed by atoms with Crippen molar-refractivity contribution in [2.75, 3.05) is 0 Å². The molecule has 0 radical (unpaired) electrons. The predicted molar refractivity (Wildman–Crippen MR) is 55.8 cm³/mol. The normalized spacial score (nSPS) is 12.8. The highest BCUT2D eigenvalue weighted by molar-refractivity contribution is 5.28. The molecule has 0 bridgehead atoms. The first-order valence-electron chi connectivity index (χ1n) is 4.85. The van der Waals surface area contributed by atoms with Crippen LogP contribution in [0.1, 0.15) is 23.1 Å². The minimum atomic E-state index is -0.714. The van der Waals surface area contributed by atoms with Gasteiger partial charge in [-0.15, -0.1) is 0 Å². The van der Waals surface area contributed by atoms with E-state index in [9.17, 15) is 8.78 Å². The van der Waals surface area contributed by atoms with Gasteiger partial charge >= 0.3 is 0 Å². The maximum Gasteiger partial charge on any atom is 0.131 e. The molecule has 0 saturated heterocycles. The van der Waals surface area contributed by atoms with Crippen LogP contribution in [0.3, 0.4) is 0 Å². The molecule has 2 nitrogen and oxygen atoms in total. The van der Waals surface area contributed by atoms with Crippen LogP contribution in [-0.2, 0) is 0 Å². The Morgan fingerprint density at radius 3 is 2.50 bits per heavy atom. The standard InChI is InChI=1S/C12H11F2NO/c1-7-2-5-11(16-7)12(15)9-4-3-8(13)6-10(9)14/h2-6,12H,15H2,1H3. The lowest BCUT2D eigenvalue weighted by Gasteiger charge is -2.10. The van der Waals surface area contributed by atoms with Gasteiger partial charge in [0.1, 0.15) is 23.2 Å². The summed E-state index contributed by atoms with van der Waals surface area (Å²) in [6, 6.07) is 6.03. The first kappa shape index (κ1) is 10.8. The van der Waals surface area contributed by atoms with E-state index in [0.717, 1.165) is 6.07 Å². The molecule has 0 amide bonds. The SMILES string of the molecule is Cc1ccc(C(N)c2ccc(F)cc2F)o1. The largest absolute Gasteiger partial charge is 0.464 e. The Kier molecular flexibility index (Phi) is 2.75. The highest BCUT2D eigenvalue weighted by Crippen LogP contribution is 2.24. The summed E-state index contributed by atoms with van der Waals surface area (Å²) in [5, 5.41) is 0. The average Bonchev–Trinajstić information content (AvgIpc) is 2.64. The summed E-state index contributed by atoms with van der Waals surface area (Å²) in [6.45, 7) is 1.78. The molecular formula is C12H11F2NO. The second kappa shape index (κ2) is 4.06. The molecule has 2 aromatic rings. The number of halogens is 2. The first-order valence-corrected chi connectivity index (χ1v) is 4.85. The maximum atomic E-state index is 13.4. The highest BCUT2D eigenvalue weighted by Gasteiger charge is 2.16. The van der Waals surface area contributed by atoms with Crippen LogP contribution in [-0.4, -0.2) is 0 Å². The summed E-state index contributed by atoms with van der Waals surface area (Å²) in [6.07, 6.45) is 0. The van der Waals surface area contributed by atoms with Crippen LogP contribution in [0.5, 0.6) is 0 Å². The third-order valence-electron chi connectivity index (χ3n) is 2.37. The molecule has 1 atom stereocenters. The molecule has 1 aromatic heterocycles. The monoisotopic (exact) mass is 223 g/mol. The third kappa shape index (κ3) is 1.97. The Hall–Kier alpha value is -1.68. The molecule has 4 heteroatoms. The van der Waals surface area contributed by atoms with Gasteiger partial charge in [-0.1, -0.05) is 6.07 Å². The van der Waals surface area contributed by atoms with Crippen LogP contribution in [0.15, 0.2) is 34.7 Å². The van der Waals surface area contributed by atoms with E-state index in [1.165, 1.54) is 12.1 Å². The van der Waals surface area contributed by atoms with E-state index in [-0.39, 0.29) is 5.56 Å². The zero-order valence-corrected chi connectivity index (χ0v) is 8.71. The van der Waals surface area contributed by atoms with Crippen molar-refractivity contribution >= 4 is 0 Å². The zero-order chi connectivity index (χ0) is 11.7. The van der Waals surface area contributed by atoms with Crippen molar-refractivity contribution in [3.8, 4) is 0 Å². The van der Waals surface area contributed by atoms with Crippen LogP contribution in [0, 0.1) is 18.6 Å². The maximum absolute atomic E-state index is 13.4. The summed E-state index contributed by atoms with van der Waals surface area (Å²) in [5.41, 5.74) is 6.04. The van der Waals surface area contributed by atoms with Crippen molar-refractivity contribution in [1.29, 1.82) is 0 Å². The van der Waals surface area contributed by atoms with Crippen LogP contribution < -0.4 is 5.73 Å². The van der Waals surface area contributed by atoms with Crippen molar-refractivity contribution < 1.29 is 13.2 Å². The number of hydrogen-bond donors (Lipinski definition) is 1. The molecule has 0 aliphatic heterocycles. The van der Waals surface area contributed by atoms with Crippen molar-refractivity contribution in [2.24, 2.45) is 5.73 Å². The van der Waals surface area contributed by atoms with Gasteiger partial charge in [0.25, 0.3) is 0 Å². The van der Waals surface area contributed by atoms with Crippen molar-refractivity contribution in [3.05, 3.63) is 59.1 Å². The van der Waals surface area contributed by atoms with E-state index in [0.29, 0.717) is 11.5 Å². The lowest BCUT2D eigenvalue weighted by atomic mass is 10.1. The molecule has 1 heterocycles. The van der Waals surface area contributed by atoms with Gasteiger partial charge in [-0.3, -0.25) is 0 Å². The topological polar surface area (TPSA) is 39.2 Å². The fraction of sp³-hybridized carbons (Fsp3) is 0.167. The van der Waals surface area contributed by atoms with E-state index in [4.69, 9.17) is 10.2 Å². The molecule has 0 fully saturated rings. The molecule has 2 rings (SSSR count). The molecule has 0 aliphatic carbocycles. The molecular weight excluding hydrogens is 212 g/mol. The second-order valence-corrected chi connectivity index (χ2v) is 3.59. The van der Waals surface area contributed by atoms with Crippen LogP contribution >= 0.6 is 0 Å². The molecule has 84 valence electrons. The Labute approximate surface area is 91.7 Å². The number of nitrogens with two attached hydrogens (primary N) is 1. The van der Waals surface area contributed by atoms with Crippen LogP contribution in [0.25, 0.3) is 0 Å². The van der Waals surface area contributed by atoms with Crippen molar-refractivity contribution in [2.45, 2.75) is 13.0 Å². The average molecular weight is 223 g/mol. The lowest BCUT2D eigenvalue weighted by molar-refractivity contribution is 0.458. The third-order valence-corrected chi connectivity index (χ3v) is 2.37. The van der Waals surface area contributed by atoms with E-state index in [1.807, 2.05) is 0 Å². The Morgan fingerprint density at radius 2 is 1.94 bits per heavy atom. The van der Waals surface area contributed by atoms with Gasteiger partial charge in [0.05, 0.1) is 6.04 Å². The van der Waals surface area contributed by atoms with E-state index < -0.39 is 17.7 Å². The first-order chi connectivity index (χ1) is 7.58. The fourth-order valence-corrected chi connectivity index (χ4v) is 1.53. The molecule has 1 aromatic carbocycles. The molecule has 16 heavy (non-hydrogen) atoms. The van der Waals surface area contributed by atoms with Gasteiger partial charge in [0.15, 0.2) is 0 Å². The molecule has 0 aliphatic rings. The van der Waals surface area contributed by atoms with Gasteiger partial charge < -0.3 is 10.2 Å². The van der Waals surface area contributed by atoms with Gasteiger partial charge in [-0.2, -0.15) is 0 Å². The quantitative estimate of drug-likeness (QED) is 0.850. The smallest absolute Gasteiger partial charge is 0.131 e. The predicted octanol–water partition coefficient (Wildman–Crippen LogP) is 2.91. The van der Waals surface area contributed by atoms with E-state index in [2.05, 4.69) is 0 Å². The summed E-state index contributed by atoms with van der Waals surface area (Å²) in [5.74, 6) is -0.124. The van der Waals surface area contributed by atoms with Crippen molar-refractivity contribution in [1.82, 2.24) is 0 Å². The highest BCUT2D eigenvalue weighted by atomic mass is 19.1. The minimum Gasteiger partial charge on any atom is -0.464 e. The minimum absolute atomic E-state index is 0.218. The Bertz CT molecular complexity index is 507. The summed E-state index contributed by atoms with van der Waals surface area (Å²) >= 11 is 0. The van der Waals surface area contributed by atoms with E-state index in [1.54, 1.807) is 19.1 Å². The van der Waals surface area contributed by atoms with Gasteiger partial charge in [0.2, 0.25) is 0 Å². The fourth-order valence-electron chi connectivity index (χ4n) is 1.53. The Balaban J connectivity index is 2.37. The Morgan fingerprint density at radius 1 is 1.19 bits per heavy atom. The van der Waals surface area contributed by atoms with Gasteiger partial charge in [-0.25, -0.2) is 8.78 Å². The molecule has 2 N–H and O–H groups in total. The van der Waals surface area contributed by atoms with Crippen LogP contribution in [0.2, 0.25) is 0 Å². The summed E-state index contributed by atoms with van der Waals surface area (Å²) in [4.78, 5) is 0. The number of furan rings is 1. The number of benzene rings is 1. The zero-order valence-electron chi connectivity index (χ0n) is 8.71. The van der Waals surface area contributed by atoms with Crippen molar-refractivity contribution in [3.63, 3.8) is 0 Å². The molecule has 1 unspecified atom stereocenters. The summed E-state index contributed by atoms with van der Waals surface area (Å²) < 4.78 is 31.4. The summed E-state index contributed by atoms with van der Waals surface area (Å²) in [7, 11) is 0. The molecule has 0 spiro atoms. The van der Waals surface area contributed by atoms with Crippen LogP contribution in [0.4, 0.5) is 8.78 Å². The number of aryl methyl sites for hydroxylation is 1. The number of rotatable bonds is 2. The van der Waals surface area contributed by atoms with Gasteiger partial charge in [0, 0.05) is 11.6 Å². The molecule has 0 saturated carbocycles. The van der Waals surface area contributed by atoms with E-state index >= 15 is 0 Å².